The lowest BCUT2D eigenvalue weighted by atomic mass is 9.79. The van der Waals surface area contributed by atoms with Gasteiger partial charge in [-0.1, -0.05) is 0 Å². The van der Waals surface area contributed by atoms with Crippen molar-refractivity contribution in [1.29, 1.82) is 0 Å². The Hall–Kier alpha value is -0.605. The lowest BCUT2D eigenvalue weighted by molar-refractivity contribution is -0.114. The van der Waals surface area contributed by atoms with E-state index in [1.807, 2.05) is 0 Å². The Morgan fingerprint density at radius 3 is 2.33 bits per heavy atom. The molecule has 0 atom stereocenters. The summed E-state index contributed by atoms with van der Waals surface area (Å²) in [4.78, 5) is 10.5. The first kappa shape index (κ1) is 6.51. The first-order chi connectivity index (χ1) is 4.20. The van der Waals surface area contributed by atoms with Gasteiger partial charge in [-0.05, 0) is 18.0 Å². The molecule has 0 aromatic rings. The maximum Gasteiger partial charge on any atom is 0.484 e. The summed E-state index contributed by atoms with van der Waals surface area (Å²) in [5, 5.41) is 17.0. The standard InChI is InChI=1S/C5H7BO3/c7-5-2-1-4(3-5)6(8)9/h3,8-9H,1-2H2. The van der Waals surface area contributed by atoms with Crippen LogP contribution in [0.1, 0.15) is 12.8 Å². The van der Waals surface area contributed by atoms with E-state index in [0.717, 1.165) is 0 Å². The van der Waals surface area contributed by atoms with Crippen LogP contribution in [-0.4, -0.2) is 22.9 Å². The van der Waals surface area contributed by atoms with Crippen LogP contribution in [0.5, 0.6) is 0 Å². The van der Waals surface area contributed by atoms with Gasteiger partial charge in [-0.2, -0.15) is 0 Å². The summed E-state index contributed by atoms with van der Waals surface area (Å²) in [7, 11) is -1.43. The number of allylic oxidation sites excluding steroid dienone is 2. The smallest absolute Gasteiger partial charge is 0.423 e. The number of hydrogen-bond acceptors (Lipinski definition) is 3. The molecule has 0 aromatic heterocycles. The molecule has 0 bridgehead atoms. The topological polar surface area (TPSA) is 57.5 Å². The average Bonchev–Trinajstić information content (AvgIpc) is 2.14. The molecule has 0 unspecified atom stereocenters. The van der Waals surface area contributed by atoms with Crippen LogP contribution in [0, 0.1) is 0 Å². The number of ketones is 1. The quantitative estimate of drug-likeness (QED) is 0.456. The molecule has 0 saturated carbocycles. The fourth-order valence-electron chi connectivity index (χ4n) is 0.822. The van der Waals surface area contributed by atoms with Gasteiger partial charge in [0.25, 0.3) is 0 Å². The van der Waals surface area contributed by atoms with Gasteiger partial charge in [0, 0.05) is 6.42 Å². The van der Waals surface area contributed by atoms with E-state index in [2.05, 4.69) is 0 Å². The highest BCUT2D eigenvalue weighted by molar-refractivity contribution is 6.51. The van der Waals surface area contributed by atoms with E-state index in [-0.39, 0.29) is 5.78 Å². The predicted octanol–water partition coefficient (Wildman–Crippen LogP) is -0.712. The molecule has 0 amide bonds. The minimum atomic E-state index is -1.43. The highest BCUT2D eigenvalue weighted by Gasteiger charge is 2.21. The summed E-state index contributed by atoms with van der Waals surface area (Å²) in [6.45, 7) is 0. The summed E-state index contributed by atoms with van der Waals surface area (Å²) >= 11 is 0. The molecule has 1 aliphatic carbocycles. The van der Waals surface area contributed by atoms with Crippen LogP contribution in [0.2, 0.25) is 0 Å². The van der Waals surface area contributed by atoms with Crippen molar-refractivity contribution >= 4 is 12.9 Å². The summed E-state index contributed by atoms with van der Waals surface area (Å²) < 4.78 is 0. The van der Waals surface area contributed by atoms with Crippen LogP contribution in [0.3, 0.4) is 0 Å². The number of hydrogen-bond donors (Lipinski definition) is 2. The van der Waals surface area contributed by atoms with Crippen LogP contribution in [0.15, 0.2) is 11.5 Å². The van der Waals surface area contributed by atoms with Crippen LogP contribution in [0.4, 0.5) is 0 Å². The normalized spacial score (nSPS) is 18.0. The average molecular weight is 126 g/mol. The molecule has 2 N–H and O–H groups in total. The summed E-state index contributed by atoms with van der Waals surface area (Å²) in [6.07, 6.45) is 2.22. The molecule has 3 nitrogen and oxygen atoms in total. The summed E-state index contributed by atoms with van der Waals surface area (Å²) in [5.41, 5.74) is 0.431. The van der Waals surface area contributed by atoms with Crippen LogP contribution in [0.25, 0.3) is 0 Å². The van der Waals surface area contributed by atoms with Crippen molar-refractivity contribution in [1.82, 2.24) is 0 Å². The number of carbonyl (C=O) groups excluding carboxylic acids is 1. The minimum Gasteiger partial charge on any atom is -0.423 e. The van der Waals surface area contributed by atoms with Gasteiger partial charge in [0.2, 0.25) is 0 Å². The summed E-state index contributed by atoms with van der Waals surface area (Å²) in [6, 6.07) is 0. The zero-order chi connectivity index (χ0) is 6.85. The lowest BCUT2D eigenvalue weighted by Crippen LogP contribution is -2.13. The third-order valence-electron chi connectivity index (χ3n) is 1.34. The second kappa shape index (κ2) is 2.33. The molecule has 0 aliphatic heterocycles. The van der Waals surface area contributed by atoms with Gasteiger partial charge in [-0.3, -0.25) is 4.79 Å². The van der Waals surface area contributed by atoms with Crippen molar-refractivity contribution in [2.24, 2.45) is 0 Å². The molecular weight excluding hydrogens is 119 g/mol. The third kappa shape index (κ3) is 1.40. The zero-order valence-electron chi connectivity index (χ0n) is 4.87. The molecule has 0 fully saturated rings. The van der Waals surface area contributed by atoms with Crippen LogP contribution >= 0.6 is 0 Å². The van der Waals surface area contributed by atoms with Gasteiger partial charge in [-0.15, -0.1) is 0 Å². The molecule has 9 heavy (non-hydrogen) atoms. The van der Waals surface area contributed by atoms with E-state index in [1.54, 1.807) is 0 Å². The molecule has 1 aliphatic rings. The fourth-order valence-corrected chi connectivity index (χ4v) is 0.822. The molecule has 0 heterocycles. The third-order valence-corrected chi connectivity index (χ3v) is 1.34. The van der Waals surface area contributed by atoms with Crippen molar-refractivity contribution in [3.8, 4) is 0 Å². The van der Waals surface area contributed by atoms with E-state index in [1.165, 1.54) is 6.08 Å². The Morgan fingerprint density at radius 1 is 1.44 bits per heavy atom. The predicted molar refractivity (Wildman–Crippen MR) is 32.5 cm³/mol. The Balaban J connectivity index is 2.62. The Labute approximate surface area is 53.1 Å². The van der Waals surface area contributed by atoms with E-state index in [9.17, 15) is 4.79 Å². The minimum absolute atomic E-state index is 0.0156. The Bertz CT molecular complexity index is 162. The Morgan fingerprint density at radius 2 is 2.11 bits per heavy atom. The van der Waals surface area contributed by atoms with Gasteiger partial charge in [-0.25, -0.2) is 0 Å². The SMILES string of the molecule is O=C1C=C(B(O)O)CC1. The van der Waals surface area contributed by atoms with E-state index < -0.39 is 7.12 Å². The van der Waals surface area contributed by atoms with Gasteiger partial charge in [0.15, 0.2) is 5.78 Å². The summed E-state index contributed by atoms with van der Waals surface area (Å²) in [5.74, 6) is -0.0156. The molecule has 0 saturated heterocycles. The van der Waals surface area contributed by atoms with Crippen LogP contribution < -0.4 is 0 Å². The van der Waals surface area contributed by atoms with Gasteiger partial charge in [0.05, 0.1) is 0 Å². The maximum absolute atomic E-state index is 10.5. The van der Waals surface area contributed by atoms with Crippen molar-refractivity contribution in [3.63, 3.8) is 0 Å². The molecule has 0 spiro atoms. The van der Waals surface area contributed by atoms with Crippen molar-refractivity contribution in [3.05, 3.63) is 11.5 Å². The fraction of sp³-hybridized carbons (Fsp3) is 0.400. The Kier molecular flexibility index (Phi) is 1.69. The molecule has 4 heteroatoms. The highest BCUT2D eigenvalue weighted by atomic mass is 16.4. The molecule has 48 valence electrons. The second-order valence-corrected chi connectivity index (χ2v) is 2.06. The maximum atomic E-state index is 10.5. The van der Waals surface area contributed by atoms with Gasteiger partial charge >= 0.3 is 7.12 Å². The van der Waals surface area contributed by atoms with Gasteiger partial charge < -0.3 is 10.0 Å². The van der Waals surface area contributed by atoms with Crippen molar-refractivity contribution in [2.75, 3.05) is 0 Å². The van der Waals surface area contributed by atoms with Crippen molar-refractivity contribution < 1.29 is 14.8 Å². The van der Waals surface area contributed by atoms with Crippen molar-refractivity contribution in [2.45, 2.75) is 12.8 Å². The van der Waals surface area contributed by atoms with Gasteiger partial charge in [0.1, 0.15) is 0 Å². The number of carbonyl (C=O) groups is 1. The first-order valence-corrected chi connectivity index (χ1v) is 2.79. The van der Waals surface area contributed by atoms with Crippen LogP contribution in [-0.2, 0) is 4.79 Å². The largest absolute Gasteiger partial charge is 0.484 e. The monoisotopic (exact) mass is 126 g/mol. The first-order valence-electron chi connectivity index (χ1n) is 2.79. The molecular formula is C5H7BO3. The van der Waals surface area contributed by atoms with E-state index in [0.29, 0.717) is 18.3 Å². The lowest BCUT2D eigenvalue weighted by Gasteiger charge is -1.93. The van der Waals surface area contributed by atoms with E-state index in [4.69, 9.17) is 10.0 Å². The molecule has 0 radical (unpaired) electrons. The van der Waals surface area contributed by atoms with E-state index >= 15 is 0 Å². The number of rotatable bonds is 1. The molecule has 1 rings (SSSR count). The zero-order valence-corrected chi connectivity index (χ0v) is 4.87. The second-order valence-electron chi connectivity index (χ2n) is 2.06. The molecule has 0 aromatic carbocycles. The highest BCUT2D eigenvalue weighted by Crippen LogP contribution is 2.14.